The van der Waals surface area contributed by atoms with Crippen LogP contribution in [0.25, 0.3) is 6.58 Å². The summed E-state index contributed by atoms with van der Waals surface area (Å²) in [6, 6.07) is 0. The normalized spacial score (nSPS) is 16.2. The molecule has 0 bridgehead atoms. The highest BCUT2D eigenvalue weighted by atomic mass is 16.3. The van der Waals surface area contributed by atoms with Crippen LogP contribution in [0.3, 0.4) is 0 Å². The van der Waals surface area contributed by atoms with Gasteiger partial charge in [0.05, 0.1) is 5.36 Å². The van der Waals surface area contributed by atoms with Crippen molar-refractivity contribution in [1.82, 2.24) is 4.98 Å². The molecule has 0 aliphatic carbocycles. The minimum absolute atomic E-state index is 0.141. The molecule has 1 aromatic heterocycles. The zero-order chi connectivity index (χ0) is 15.1. The van der Waals surface area contributed by atoms with Gasteiger partial charge in [0.2, 0.25) is 17.7 Å². The Morgan fingerprint density at radius 2 is 2.15 bits per heavy atom. The average molecular weight is 275 g/mol. The Kier molecular flexibility index (Phi) is 3.33. The summed E-state index contributed by atoms with van der Waals surface area (Å²) in [4.78, 5) is 31.1. The Bertz CT molecular complexity index is 707. The zero-order valence-corrected chi connectivity index (χ0v) is 11.8. The van der Waals surface area contributed by atoms with Crippen molar-refractivity contribution >= 4 is 24.2 Å². The number of aromatic hydroxyl groups is 1. The van der Waals surface area contributed by atoms with Crippen LogP contribution in [0.5, 0.6) is 5.88 Å². The molecule has 0 saturated carbocycles. The number of hydrogen-bond donors (Lipinski definition) is 2. The van der Waals surface area contributed by atoms with Gasteiger partial charge in [-0.3, -0.25) is 9.59 Å². The van der Waals surface area contributed by atoms with Crippen molar-refractivity contribution in [2.24, 2.45) is 4.99 Å². The maximum atomic E-state index is 11.7. The van der Waals surface area contributed by atoms with Crippen molar-refractivity contribution in [1.29, 1.82) is 0 Å². The fraction of sp³-hybridized carbons (Fsp3) is 0.429. The minimum atomic E-state index is -0.564. The molecule has 2 N–H and O–H groups in total. The van der Waals surface area contributed by atoms with Gasteiger partial charge >= 0.3 is 0 Å². The summed E-state index contributed by atoms with van der Waals surface area (Å²) in [6.07, 6.45) is 0.482. The highest BCUT2D eigenvalue weighted by Crippen LogP contribution is 2.32. The number of carbonyl (C=O) groups is 2. The molecule has 0 unspecified atom stereocenters. The van der Waals surface area contributed by atoms with Crippen LogP contribution in [0.15, 0.2) is 4.99 Å². The van der Waals surface area contributed by atoms with E-state index < -0.39 is 5.41 Å². The lowest BCUT2D eigenvalue weighted by Crippen LogP contribution is -2.43. The van der Waals surface area contributed by atoms with E-state index in [-0.39, 0.29) is 36.4 Å². The highest BCUT2D eigenvalue weighted by Gasteiger charge is 2.33. The van der Waals surface area contributed by atoms with E-state index in [1.165, 1.54) is 0 Å². The smallest absolute Gasteiger partial charge is 0.247 e. The summed E-state index contributed by atoms with van der Waals surface area (Å²) in [6.45, 7) is 9.20. The van der Waals surface area contributed by atoms with Crippen LogP contribution in [-0.4, -0.2) is 21.9 Å². The first-order valence-corrected chi connectivity index (χ1v) is 6.40. The summed E-state index contributed by atoms with van der Waals surface area (Å²) < 4.78 is 0. The van der Waals surface area contributed by atoms with Crippen molar-refractivity contribution in [2.75, 3.05) is 5.32 Å². The molecule has 0 atom stereocenters. The Morgan fingerprint density at radius 1 is 1.50 bits per heavy atom. The number of fused-ring (bicyclic) bond motifs is 1. The molecular formula is C14H17N3O3. The molecular weight excluding hydrogens is 258 g/mol. The third kappa shape index (κ3) is 2.29. The molecule has 1 aliphatic rings. The van der Waals surface area contributed by atoms with Gasteiger partial charge in [0.1, 0.15) is 5.82 Å². The number of nitrogens with zero attached hydrogens (tertiary/aromatic N) is 2. The molecule has 106 valence electrons. The number of carbonyl (C=O) groups excluding carboxylic acids is 2. The summed E-state index contributed by atoms with van der Waals surface area (Å²) in [7, 11) is 0. The molecule has 0 fully saturated rings. The second kappa shape index (κ2) is 4.70. The molecule has 20 heavy (non-hydrogen) atoms. The molecule has 2 amide bonds. The third-order valence-electron chi connectivity index (χ3n) is 3.34. The Balaban J connectivity index is 2.73. The van der Waals surface area contributed by atoms with E-state index >= 15 is 0 Å². The lowest BCUT2D eigenvalue weighted by Gasteiger charge is -2.27. The number of rotatable bonds is 2. The van der Waals surface area contributed by atoms with Crippen LogP contribution < -0.4 is 15.9 Å². The fourth-order valence-electron chi connectivity index (χ4n) is 2.30. The number of nitrogens with one attached hydrogen (secondary N) is 1. The lowest BCUT2D eigenvalue weighted by molar-refractivity contribution is -0.119. The molecule has 1 aliphatic heterocycles. The maximum absolute atomic E-state index is 11.7. The number of pyridine rings is 1. The second-order valence-corrected chi connectivity index (χ2v) is 5.45. The van der Waals surface area contributed by atoms with E-state index in [4.69, 9.17) is 0 Å². The van der Waals surface area contributed by atoms with Crippen molar-refractivity contribution in [3.05, 3.63) is 16.1 Å². The molecule has 6 heteroatoms. The van der Waals surface area contributed by atoms with Gasteiger partial charge in [0.25, 0.3) is 0 Å². The predicted octanol–water partition coefficient (Wildman–Crippen LogP) is 0.373. The van der Waals surface area contributed by atoms with Crippen LogP contribution in [0.4, 0.5) is 5.82 Å². The van der Waals surface area contributed by atoms with Crippen molar-refractivity contribution in [2.45, 2.75) is 39.0 Å². The van der Waals surface area contributed by atoms with Crippen LogP contribution >= 0.6 is 0 Å². The molecule has 0 spiro atoms. The van der Waals surface area contributed by atoms with E-state index in [0.29, 0.717) is 16.1 Å². The van der Waals surface area contributed by atoms with Crippen molar-refractivity contribution < 1.29 is 14.7 Å². The molecule has 2 heterocycles. The van der Waals surface area contributed by atoms with E-state index in [2.05, 4.69) is 21.9 Å². The van der Waals surface area contributed by atoms with Gasteiger partial charge in [-0.05, 0) is 0 Å². The van der Waals surface area contributed by atoms with Crippen LogP contribution in [-0.2, 0) is 15.0 Å². The van der Waals surface area contributed by atoms with Crippen LogP contribution in [0, 0.1) is 0 Å². The van der Waals surface area contributed by atoms with E-state index in [1.807, 2.05) is 13.8 Å². The monoisotopic (exact) mass is 275 g/mol. The van der Waals surface area contributed by atoms with Crippen molar-refractivity contribution in [3.8, 4) is 5.88 Å². The van der Waals surface area contributed by atoms with E-state index in [1.54, 1.807) is 6.92 Å². The first-order chi connectivity index (χ1) is 9.26. The highest BCUT2D eigenvalue weighted by molar-refractivity contribution is 5.90. The molecule has 6 nitrogen and oxygen atoms in total. The van der Waals surface area contributed by atoms with E-state index in [9.17, 15) is 14.7 Å². The third-order valence-corrected chi connectivity index (χ3v) is 3.34. The predicted molar refractivity (Wildman–Crippen MR) is 73.8 cm³/mol. The standard InChI is InChI=1S/C14H17N3O3/c1-5-8(18)16-12-7(2)11-10(13(20)17-12)14(3,4)6-9(19)15-11/h20H,2,5-6H2,1,3-4H3,(H,16,17,18). The van der Waals surface area contributed by atoms with Gasteiger partial charge in [-0.15, -0.1) is 0 Å². The SMILES string of the molecule is C=c1c(NC(=O)CC)nc(O)c2c1=NC(=O)CC2(C)C. The first-order valence-electron chi connectivity index (χ1n) is 6.40. The van der Waals surface area contributed by atoms with Gasteiger partial charge in [-0.1, -0.05) is 27.4 Å². The van der Waals surface area contributed by atoms with Crippen LogP contribution in [0.2, 0.25) is 0 Å². The van der Waals surface area contributed by atoms with E-state index in [0.717, 1.165) is 0 Å². The average Bonchev–Trinajstić information content (AvgIpc) is 2.32. The summed E-state index contributed by atoms with van der Waals surface area (Å²) in [5, 5.41) is 13.3. The summed E-state index contributed by atoms with van der Waals surface area (Å²) in [5.41, 5.74) is -0.0676. The zero-order valence-electron chi connectivity index (χ0n) is 11.8. The van der Waals surface area contributed by atoms with Gasteiger partial charge in [-0.2, -0.15) is 4.98 Å². The first kappa shape index (κ1) is 14.2. The number of aromatic nitrogens is 1. The van der Waals surface area contributed by atoms with Crippen LogP contribution in [0.1, 0.15) is 39.2 Å². The van der Waals surface area contributed by atoms with Gasteiger partial charge in [0, 0.05) is 29.0 Å². The maximum Gasteiger partial charge on any atom is 0.247 e. The second-order valence-electron chi connectivity index (χ2n) is 5.45. The number of amides is 2. The number of anilines is 1. The number of hydrogen-bond acceptors (Lipinski definition) is 4. The molecule has 2 rings (SSSR count). The van der Waals surface area contributed by atoms with Crippen molar-refractivity contribution in [3.63, 3.8) is 0 Å². The molecule has 0 aromatic carbocycles. The summed E-state index contributed by atoms with van der Waals surface area (Å²) in [5.74, 6) is -0.601. The Labute approximate surface area is 116 Å². The fourth-order valence-corrected chi connectivity index (χ4v) is 2.30. The topological polar surface area (TPSA) is 91.7 Å². The summed E-state index contributed by atoms with van der Waals surface area (Å²) >= 11 is 0. The Hall–Kier alpha value is -2.24. The van der Waals surface area contributed by atoms with Gasteiger partial charge in [-0.25, -0.2) is 4.99 Å². The largest absolute Gasteiger partial charge is 0.493 e. The molecule has 0 saturated heterocycles. The van der Waals surface area contributed by atoms with Gasteiger partial charge < -0.3 is 10.4 Å². The minimum Gasteiger partial charge on any atom is -0.493 e. The lowest BCUT2D eigenvalue weighted by atomic mass is 9.79. The quantitative estimate of drug-likeness (QED) is 0.816. The molecule has 0 radical (unpaired) electrons. The Morgan fingerprint density at radius 3 is 2.75 bits per heavy atom. The van der Waals surface area contributed by atoms with Gasteiger partial charge in [0.15, 0.2) is 0 Å². The molecule has 1 aromatic rings.